The number of carbonyl (C=O) groups excluding carboxylic acids is 1. The van der Waals surface area contributed by atoms with E-state index in [1.165, 1.54) is 6.20 Å². The Balaban J connectivity index is 1.94. The summed E-state index contributed by atoms with van der Waals surface area (Å²) >= 11 is 11.6. The van der Waals surface area contributed by atoms with E-state index in [0.717, 1.165) is 24.3 Å². The van der Waals surface area contributed by atoms with E-state index in [9.17, 15) is 4.79 Å². The number of benzene rings is 1. The number of amides is 1. The molecule has 126 valence electrons. The fraction of sp³-hybridized carbons (Fsp3) is 0.235. The third-order valence-corrected chi connectivity index (χ3v) is 3.61. The van der Waals surface area contributed by atoms with E-state index in [4.69, 9.17) is 23.2 Å². The molecule has 1 aromatic carbocycles. The predicted octanol–water partition coefficient (Wildman–Crippen LogP) is 3.13. The zero-order valence-corrected chi connectivity index (χ0v) is 14.5. The summed E-state index contributed by atoms with van der Waals surface area (Å²) in [4.78, 5) is 17.8. The average molecular weight is 365 g/mol. The molecule has 0 radical (unpaired) electrons. The molecule has 7 heteroatoms. The van der Waals surface area contributed by atoms with Crippen LogP contribution in [0.1, 0.15) is 15.9 Å². The zero-order chi connectivity index (χ0) is 17.2. The maximum absolute atomic E-state index is 11.8. The second-order valence-electron chi connectivity index (χ2n) is 4.90. The maximum atomic E-state index is 11.8. The van der Waals surface area contributed by atoms with Crippen molar-refractivity contribution in [2.24, 2.45) is 5.10 Å². The normalized spacial score (nSPS) is 10.8. The summed E-state index contributed by atoms with van der Waals surface area (Å²) in [6.45, 7) is 1.48. The molecular weight excluding hydrogens is 347 g/mol. The van der Waals surface area contributed by atoms with Gasteiger partial charge in [0, 0.05) is 42.9 Å². The van der Waals surface area contributed by atoms with Crippen molar-refractivity contribution in [3.05, 3.63) is 59.9 Å². The first kappa shape index (κ1) is 18.2. The molecule has 0 aliphatic heterocycles. The van der Waals surface area contributed by atoms with Gasteiger partial charge in [-0.3, -0.25) is 9.78 Å². The largest absolute Gasteiger partial charge is 0.369 e. The second-order valence-corrected chi connectivity index (χ2v) is 5.65. The summed E-state index contributed by atoms with van der Waals surface area (Å²) in [5.41, 5.74) is 4.86. The van der Waals surface area contributed by atoms with E-state index >= 15 is 0 Å². The van der Waals surface area contributed by atoms with E-state index in [2.05, 4.69) is 20.4 Å². The Kier molecular flexibility index (Phi) is 7.52. The van der Waals surface area contributed by atoms with E-state index in [1.54, 1.807) is 24.5 Å². The molecule has 1 amide bonds. The van der Waals surface area contributed by atoms with Crippen LogP contribution in [0.4, 0.5) is 5.69 Å². The van der Waals surface area contributed by atoms with Crippen LogP contribution < -0.4 is 10.3 Å². The van der Waals surface area contributed by atoms with Gasteiger partial charge in [-0.25, -0.2) is 5.43 Å². The molecule has 1 aromatic heterocycles. The number of aromatic nitrogens is 1. The molecule has 5 nitrogen and oxygen atoms in total. The van der Waals surface area contributed by atoms with E-state index in [1.807, 2.05) is 24.3 Å². The van der Waals surface area contributed by atoms with Crippen LogP contribution in [-0.4, -0.2) is 42.0 Å². The summed E-state index contributed by atoms with van der Waals surface area (Å²) in [5.74, 6) is 0.785. The monoisotopic (exact) mass is 364 g/mol. The SMILES string of the molecule is O=C(N/N=C/c1ccc(N(CCCl)CCCl)cc1)c1cccnc1. The first-order chi connectivity index (χ1) is 11.7. The Hall–Kier alpha value is -2.11. The molecule has 0 aliphatic rings. The first-order valence-electron chi connectivity index (χ1n) is 7.45. The number of anilines is 1. The van der Waals surface area contributed by atoms with Crippen LogP contribution in [0.5, 0.6) is 0 Å². The number of hydrogen-bond acceptors (Lipinski definition) is 4. The smallest absolute Gasteiger partial charge is 0.272 e. The van der Waals surface area contributed by atoms with Crippen LogP contribution in [0.25, 0.3) is 0 Å². The van der Waals surface area contributed by atoms with Crippen LogP contribution in [0.3, 0.4) is 0 Å². The molecule has 0 spiro atoms. The van der Waals surface area contributed by atoms with Gasteiger partial charge in [0.15, 0.2) is 0 Å². The van der Waals surface area contributed by atoms with Crippen LogP contribution in [0.2, 0.25) is 0 Å². The average Bonchev–Trinajstić information content (AvgIpc) is 2.63. The van der Waals surface area contributed by atoms with Crippen molar-refractivity contribution in [3.8, 4) is 0 Å². The number of alkyl halides is 2. The van der Waals surface area contributed by atoms with Crippen molar-refractivity contribution in [1.82, 2.24) is 10.4 Å². The summed E-state index contributed by atoms with van der Waals surface area (Å²) < 4.78 is 0. The highest BCUT2D eigenvalue weighted by Crippen LogP contribution is 2.15. The summed E-state index contributed by atoms with van der Waals surface area (Å²) in [6.07, 6.45) is 4.69. The lowest BCUT2D eigenvalue weighted by Gasteiger charge is -2.22. The highest BCUT2D eigenvalue weighted by atomic mass is 35.5. The van der Waals surface area contributed by atoms with Gasteiger partial charge < -0.3 is 4.90 Å². The van der Waals surface area contributed by atoms with Crippen LogP contribution in [0, 0.1) is 0 Å². The quantitative estimate of drug-likeness (QED) is 0.444. The van der Waals surface area contributed by atoms with Crippen LogP contribution in [0.15, 0.2) is 53.9 Å². The molecule has 1 N–H and O–H groups in total. The lowest BCUT2D eigenvalue weighted by molar-refractivity contribution is 0.0955. The van der Waals surface area contributed by atoms with E-state index < -0.39 is 0 Å². The van der Waals surface area contributed by atoms with Gasteiger partial charge >= 0.3 is 0 Å². The van der Waals surface area contributed by atoms with Crippen molar-refractivity contribution in [1.29, 1.82) is 0 Å². The minimum atomic E-state index is -0.300. The summed E-state index contributed by atoms with van der Waals surface area (Å²) in [5, 5.41) is 3.96. The number of rotatable bonds is 8. The highest BCUT2D eigenvalue weighted by Gasteiger charge is 2.05. The Morgan fingerprint density at radius 2 is 1.88 bits per heavy atom. The first-order valence-corrected chi connectivity index (χ1v) is 8.52. The van der Waals surface area contributed by atoms with Crippen molar-refractivity contribution in [2.45, 2.75) is 0 Å². The van der Waals surface area contributed by atoms with Gasteiger partial charge in [-0.2, -0.15) is 5.10 Å². The molecule has 2 rings (SSSR count). The number of hydrogen-bond donors (Lipinski definition) is 1. The van der Waals surface area contributed by atoms with Crippen LogP contribution in [-0.2, 0) is 0 Å². The van der Waals surface area contributed by atoms with Gasteiger partial charge in [-0.15, -0.1) is 23.2 Å². The third-order valence-electron chi connectivity index (χ3n) is 3.27. The van der Waals surface area contributed by atoms with Crippen LogP contribution >= 0.6 is 23.2 Å². The number of nitrogens with zero attached hydrogens (tertiary/aromatic N) is 3. The Labute approximate surface area is 151 Å². The molecule has 1 heterocycles. The Morgan fingerprint density at radius 1 is 1.17 bits per heavy atom. The Morgan fingerprint density at radius 3 is 2.46 bits per heavy atom. The van der Waals surface area contributed by atoms with E-state index in [-0.39, 0.29) is 5.91 Å². The van der Waals surface area contributed by atoms with E-state index in [0.29, 0.717) is 17.3 Å². The van der Waals surface area contributed by atoms with Crippen molar-refractivity contribution < 1.29 is 4.79 Å². The number of nitrogens with one attached hydrogen (secondary N) is 1. The lowest BCUT2D eigenvalue weighted by Crippen LogP contribution is -2.27. The fourth-order valence-corrected chi connectivity index (χ4v) is 2.48. The molecule has 0 aliphatic carbocycles. The molecule has 24 heavy (non-hydrogen) atoms. The zero-order valence-electron chi connectivity index (χ0n) is 13.0. The fourth-order valence-electron chi connectivity index (χ4n) is 2.07. The molecule has 0 fully saturated rings. The van der Waals surface area contributed by atoms with Gasteiger partial charge in [0.05, 0.1) is 11.8 Å². The van der Waals surface area contributed by atoms with Gasteiger partial charge in [-0.1, -0.05) is 12.1 Å². The van der Waals surface area contributed by atoms with Crippen molar-refractivity contribution in [2.75, 3.05) is 29.7 Å². The molecule has 2 aromatic rings. The van der Waals surface area contributed by atoms with Crippen molar-refractivity contribution >= 4 is 41.0 Å². The highest BCUT2D eigenvalue weighted by molar-refractivity contribution is 6.18. The maximum Gasteiger partial charge on any atom is 0.272 e. The third kappa shape index (κ3) is 5.51. The molecular formula is C17H18Cl2N4O. The number of hydrazone groups is 1. The van der Waals surface area contributed by atoms with Crippen molar-refractivity contribution in [3.63, 3.8) is 0 Å². The number of halogens is 2. The Bertz CT molecular complexity index is 656. The van der Waals surface area contributed by atoms with Gasteiger partial charge in [-0.05, 0) is 29.8 Å². The lowest BCUT2D eigenvalue weighted by atomic mass is 10.2. The van der Waals surface area contributed by atoms with Gasteiger partial charge in [0.2, 0.25) is 0 Å². The molecule has 0 saturated heterocycles. The minimum Gasteiger partial charge on any atom is -0.369 e. The molecule has 0 atom stereocenters. The minimum absolute atomic E-state index is 0.300. The summed E-state index contributed by atoms with van der Waals surface area (Å²) in [7, 11) is 0. The molecule has 0 unspecified atom stereocenters. The number of pyridine rings is 1. The molecule has 0 bridgehead atoms. The molecule has 0 saturated carbocycles. The standard InChI is InChI=1S/C17H18Cl2N4O/c18-7-10-23(11-8-19)16-5-3-14(4-6-16)12-21-22-17(24)15-2-1-9-20-13-15/h1-6,9,12-13H,7-8,10-11H2,(H,22,24)/b21-12+. The second kappa shape index (κ2) is 9.90. The summed E-state index contributed by atoms with van der Waals surface area (Å²) in [6, 6.07) is 11.2. The van der Waals surface area contributed by atoms with Gasteiger partial charge in [0.1, 0.15) is 0 Å². The van der Waals surface area contributed by atoms with Gasteiger partial charge in [0.25, 0.3) is 5.91 Å². The predicted molar refractivity (Wildman–Crippen MR) is 99.4 cm³/mol. The number of carbonyl (C=O) groups is 1. The topological polar surface area (TPSA) is 57.6 Å².